The van der Waals surface area contributed by atoms with E-state index in [1.807, 2.05) is 49.0 Å². The second kappa shape index (κ2) is 8.05. The third kappa shape index (κ3) is 4.53. The van der Waals surface area contributed by atoms with E-state index in [0.29, 0.717) is 30.2 Å². The molecule has 1 aromatic carbocycles. The molecule has 1 amide bonds. The van der Waals surface area contributed by atoms with Gasteiger partial charge in [0.1, 0.15) is 0 Å². The van der Waals surface area contributed by atoms with Crippen LogP contribution < -0.4 is 5.32 Å². The fourth-order valence-corrected chi connectivity index (χ4v) is 3.03. The van der Waals surface area contributed by atoms with Crippen LogP contribution in [-0.4, -0.2) is 25.5 Å². The third-order valence-corrected chi connectivity index (χ3v) is 5.42. The molecular formula is C18H19BrClN5O. The van der Waals surface area contributed by atoms with Crippen molar-refractivity contribution in [3.63, 3.8) is 0 Å². The fraction of sp³-hybridized carbons (Fsp3) is 0.278. The van der Waals surface area contributed by atoms with E-state index in [2.05, 4.69) is 31.4 Å². The van der Waals surface area contributed by atoms with Crippen LogP contribution >= 0.6 is 27.5 Å². The first-order chi connectivity index (χ1) is 12.4. The number of halogens is 2. The zero-order valence-corrected chi connectivity index (χ0v) is 16.9. The highest BCUT2D eigenvalue weighted by Gasteiger charge is 2.11. The molecule has 0 unspecified atom stereocenters. The molecule has 8 heteroatoms. The highest BCUT2D eigenvalue weighted by Crippen LogP contribution is 2.20. The lowest BCUT2D eigenvalue weighted by Gasteiger charge is -2.05. The van der Waals surface area contributed by atoms with Crippen molar-refractivity contribution in [3.05, 3.63) is 63.1 Å². The Morgan fingerprint density at radius 3 is 2.65 bits per heavy atom. The summed E-state index contributed by atoms with van der Waals surface area (Å²) in [5.74, 6) is -0.0697. The SMILES string of the molecule is Cc1nn(CCC(=O)Nc2cnn(Cc3ccc(Cl)cc3)c2)c(C)c1Br. The van der Waals surface area contributed by atoms with Crippen molar-refractivity contribution >= 4 is 39.1 Å². The van der Waals surface area contributed by atoms with E-state index in [1.54, 1.807) is 10.9 Å². The van der Waals surface area contributed by atoms with Gasteiger partial charge in [-0.25, -0.2) is 0 Å². The molecule has 0 spiro atoms. The number of carbonyl (C=O) groups excluding carboxylic acids is 1. The predicted molar refractivity (Wildman–Crippen MR) is 105 cm³/mol. The standard InChI is InChI=1S/C18H19BrClN5O/c1-12-18(19)13(2)25(23-12)8-7-17(26)22-16-9-21-24(11-16)10-14-3-5-15(20)6-4-14/h3-6,9,11H,7-8,10H2,1-2H3,(H,22,26). The number of aryl methyl sites for hydroxylation is 2. The molecule has 136 valence electrons. The molecule has 0 aliphatic rings. The smallest absolute Gasteiger partial charge is 0.226 e. The zero-order valence-electron chi connectivity index (χ0n) is 14.5. The molecule has 3 rings (SSSR count). The maximum atomic E-state index is 12.2. The van der Waals surface area contributed by atoms with Crippen LogP contribution in [0, 0.1) is 13.8 Å². The van der Waals surface area contributed by atoms with E-state index >= 15 is 0 Å². The number of hydrogen-bond acceptors (Lipinski definition) is 3. The van der Waals surface area contributed by atoms with Gasteiger partial charge in [0, 0.05) is 23.3 Å². The number of carbonyl (C=O) groups is 1. The highest BCUT2D eigenvalue weighted by molar-refractivity contribution is 9.10. The summed E-state index contributed by atoms with van der Waals surface area (Å²) in [4.78, 5) is 12.2. The van der Waals surface area contributed by atoms with Crippen molar-refractivity contribution in [2.24, 2.45) is 0 Å². The number of benzene rings is 1. The van der Waals surface area contributed by atoms with Crippen LogP contribution in [0.25, 0.3) is 0 Å². The van der Waals surface area contributed by atoms with E-state index in [4.69, 9.17) is 11.6 Å². The quantitative estimate of drug-likeness (QED) is 0.630. The summed E-state index contributed by atoms with van der Waals surface area (Å²) in [6.07, 6.45) is 3.80. The van der Waals surface area contributed by atoms with Gasteiger partial charge in [0.25, 0.3) is 0 Å². The zero-order chi connectivity index (χ0) is 18.7. The molecule has 0 aliphatic carbocycles. The normalized spacial score (nSPS) is 10.9. The number of rotatable bonds is 6. The van der Waals surface area contributed by atoms with Crippen molar-refractivity contribution in [1.82, 2.24) is 19.6 Å². The van der Waals surface area contributed by atoms with Crippen LogP contribution in [0.2, 0.25) is 5.02 Å². The van der Waals surface area contributed by atoms with E-state index in [0.717, 1.165) is 21.4 Å². The number of nitrogens with one attached hydrogen (secondary N) is 1. The molecule has 0 saturated carbocycles. The van der Waals surface area contributed by atoms with Crippen LogP contribution in [0.5, 0.6) is 0 Å². The van der Waals surface area contributed by atoms with E-state index < -0.39 is 0 Å². The molecule has 6 nitrogen and oxygen atoms in total. The van der Waals surface area contributed by atoms with E-state index in [1.165, 1.54) is 0 Å². The molecule has 1 N–H and O–H groups in total. The average Bonchev–Trinajstić information content (AvgIpc) is 3.15. The maximum Gasteiger partial charge on any atom is 0.226 e. The number of aromatic nitrogens is 4. The van der Waals surface area contributed by atoms with Gasteiger partial charge in [-0.1, -0.05) is 23.7 Å². The number of anilines is 1. The van der Waals surface area contributed by atoms with Gasteiger partial charge in [-0.05, 0) is 47.5 Å². The van der Waals surface area contributed by atoms with Crippen LogP contribution in [-0.2, 0) is 17.9 Å². The Hall–Kier alpha value is -2.12. The topological polar surface area (TPSA) is 64.7 Å². The largest absolute Gasteiger partial charge is 0.323 e. The number of amides is 1. The summed E-state index contributed by atoms with van der Waals surface area (Å²) in [6.45, 7) is 5.06. The number of nitrogens with zero attached hydrogens (tertiary/aromatic N) is 4. The van der Waals surface area contributed by atoms with Gasteiger partial charge in [0.15, 0.2) is 0 Å². The van der Waals surface area contributed by atoms with Crippen LogP contribution in [0.15, 0.2) is 41.1 Å². The third-order valence-electron chi connectivity index (χ3n) is 4.02. The minimum absolute atomic E-state index is 0.0697. The highest BCUT2D eigenvalue weighted by atomic mass is 79.9. The monoisotopic (exact) mass is 435 g/mol. The Balaban J connectivity index is 1.54. The Bertz CT molecular complexity index is 916. The lowest BCUT2D eigenvalue weighted by molar-refractivity contribution is -0.116. The summed E-state index contributed by atoms with van der Waals surface area (Å²) < 4.78 is 4.60. The minimum atomic E-state index is -0.0697. The first-order valence-electron chi connectivity index (χ1n) is 8.18. The van der Waals surface area contributed by atoms with Crippen molar-refractivity contribution < 1.29 is 4.79 Å². The molecule has 0 atom stereocenters. The van der Waals surface area contributed by atoms with Gasteiger partial charge < -0.3 is 5.32 Å². The second-order valence-corrected chi connectivity index (χ2v) is 7.29. The molecule has 0 fully saturated rings. The summed E-state index contributed by atoms with van der Waals surface area (Å²) >= 11 is 9.38. The predicted octanol–water partition coefficient (Wildman–Crippen LogP) is 4.19. The van der Waals surface area contributed by atoms with Gasteiger partial charge >= 0.3 is 0 Å². The van der Waals surface area contributed by atoms with Crippen molar-refractivity contribution in [1.29, 1.82) is 0 Å². The molecule has 0 radical (unpaired) electrons. The van der Waals surface area contributed by atoms with Crippen LogP contribution in [0.4, 0.5) is 5.69 Å². The second-order valence-electron chi connectivity index (χ2n) is 6.06. The maximum absolute atomic E-state index is 12.2. The Labute approximate surface area is 165 Å². The first-order valence-corrected chi connectivity index (χ1v) is 9.35. The first kappa shape index (κ1) is 18.7. The van der Waals surface area contributed by atoms with Crippen molar-refractivity contribution in [2.45, 2.75) is 33.4 Å². The minimum Gasteiger partial charge on any atom is -0.323 e. The van der Waals surface area contributed by atoms with Crippen molar-refractivity contribution in [2.75, 3.05) is 5.32 Å². The van der Waals surface area contributed by atoms with Gasteiger partial charge in [0.05, 0.1) is 35.1 Å². The Kier molecular flexibility index (Phi) is 5.78. The molecule has 3 aromatic rings. The van der Waals surface area contributed by atoms with Crippen LogP contribution in [0.1, 0.15) is 23.4 Å². The van der Waals surface area contributed by atoms with Gasteiger partial charge in [-0.2, -0.15) is 10.2 Å². The fourth-order valence-electron chi connectivity index (χ4n) is 2.62. The summed E-state index contributed by atoms with van der Waals surface area (Å²) in [7, 11) is 0. The molecule has 0 bridgehead atoms. The summed E-state index contributed by atoms with van der Waals surface area (Å²) in [6, 6.07) is 7.60. The molecule has 2 aromatic heterocycles. The lowest BCUT2D eigenvalue weighted by atomic mass is 10.2. The van der Waals surface area contributed by atoms with E-state index in [-0.39, 0.29) is 5.91 Å². The van der Waals surface area contributed by atoms with Gasteiger partial charge in [-0.15, -0.1) is 0 Å². The molecule has 26 heavy (non-hydrogen) atoms. The molecule has 0 aliphatic heterocycles. The van der Waals surface area contributed by atoms with Crippen molar-refractivity contribution in [3.8, 4) is 0 Å². The molecular weight excluding hydrogens is 418 g/mol. The van der Waals surface area contributed by atoms with Gasteiger partial charge in [-0.3, -0.25) is 14.2 Å². The summed E-state index contributed by atoms with van der Waals surface area (Å²) in [5.41, 5.74) is 3.71. The molecule has 0 saturated heterocycles. The van der Waals surface area contributed by atoms with Crippen LogP contribution in [0.3, 0.4) is 0 Å². The molecule has 2 heterocycles. The Morgan fingerprint density at radius 2 is 2.00 bits per heavy atom. The van der Waals surface area contributed by atoms with E-state index in [9.17, 15) is 4.79 Å². The Morgan fingerprint density at radius 1 is 1.27 bits per heavy atom. The van der Waals surface area contributed by atoms with Gasteiger partial charge in [0.2, 0.25) is 5.91 Å². The lowest BCUT2D eigenvalue weighted by Crippen LogP contribution is -2.15. The summed E-state index contributed by atoms with van der Waals surface area (Å²) in [5, 5.41) is 12.3. The number of hydrogen-bond donors (Lipinski definition) is 1. The average molecular weight is 437 g/mol.